The summed E-state index contributed by atoms with van der Waals surface area (Å²) in [4.78, 5) is 19.2. The maximum atomic E-state index is 10.9. The zero-order valence-corrected chi connectivity index (χ0v) is 13.8. The van der Waals surface area contributed by atoms with Crippen molar-refractivity contribution < 1.29 is 4.92 Å². The zero-order valence-electron chi connectivity index (χ0n) is 13.0. The van der Waals surface area contributed by atoms with Gasteiger partial charge in [0.2, 0.25) is 0 Å². The van der Waals surface area contributed by atoms with Crippen molar-refractivity contribution in [2.45, 2.75) is 30.8 Å². The number of aromatic nitrogens is 4. The highest BCUT2D eigenvalue weighted by molar-refractivity contribution is 7.98. The number of aryl methyl sites for hydroxylation is 2. The third-order valence-electron chi connectivity index (χ3n) is 3.65. The maximum absolute atomic E-state index is 10.9. The topological polar surface area (TPSA) is 78.8 Å². The lowest BCUT2D eigenvalue weighted by Gasteiger charge is -2.06. The Morgan fingerprint density at radius 3 is 2.96 bits per heavy atom. The average molecular weight is 331 g/mol. The first kappa shape index (κ1) is 15.5. The molecule has 1 aromatic carbocycles. The second kappa shape index (κ2) is 6.41. The van der Waals surface area contributed by atoms with E-state index in [2.05, 4.69) is 21.5 Å². The second-order valence-electron chi connectivity index (χ2n) is 5.25. The van der Waals surface area contributed by atoms with Crippen molar-refractivity contribution in [3.8, 4) is 0 Å². The molecule has 7 nitrogen and oxygen atoms in total. The molecule has 3 aromatic rings. The molecule has 0 aliphatic carbocycles. The molecule has 0 saturated carbocycles. The van der Waals surface area contributed by atoms with Crippen LogP contribution in [-0.2, 0) is 19.3 Å². The van der Waals surface area contributed by atoms with Gasteiger partial charge in [0.15, 0.2) is 5.16 Å². The molecule has 0 saturated heterocycles. The summed E-state index contributed by atoms with van der Waals surface area (Å²) in [6.07, 6.45) is 4.78. The van der Waals surface area contributed by atoms with Crippen molar-refractivity contribution in [1.29, 1.82) is 0 Å². The third kappa shape index (κ3) is 3.07. The smallest absolute Gasteiger partial charge is 0.271 e. The van der Waals surface area contributed by atoms with Crippen LogP contribution in [0.25, 0.3) is 11.0 Å². The molecule has 0 N–H and O–H groups in total. The highest BCUT2D eigenvalue weighted by atomic mass is 32.2. The van der Waals surface area contributed by atoms with E-state index in [9.17, 15) is 10.1 Å². The number of nitrogens with zero attached hydrogens (tertiary/aromatic N) is 5. The summed E-state index contributed by atoms with van der Waals surface area (Å²) in [7, 11) is 1.92. The molecule has 0 amide bonds. The monoisotopic (exact) mass is 331 g/mol. The molecular formula is C15H17N5O2S. The normalized spacial score (nSPS) is 11.2. The fraction of sp³-hybridized carbons (Fsp3) is 0.333. The highest BCUT2D eigenvalue weighted by Gasteiger charge is 2.13. The van der Waals surface area contributed by atoms with Gasteiger partial charge in [-0.2, -0.15) is 0 Å². The first-order valence-corrected chi connectivity index (χ1v) is 8.31. The summed E-state index contributed by atoms with van der Waals surface area (Å²) in [5.74, 6) is 0.763. The summed E-state index contributed by atoms with van der Waals surface area (Å²) in [5.41, 5.74) is 2.74. The van der Waals surface area contributed by atoms with E-state index in [1.54, 1.807) is 17.8 Å². The molecule has 0 spiro atoms. The van der Waals surface area contributed by atoms with Crippen molar-refractivity contribution in [2.75, 3.05) is 0 Å². The molecule has 0 aliphatic rings. The fourth-order valence-corrected chi connectivity index (χ4v) is 3.43. The van der Waals surface area contributed by atoms with Crippen LogP contribution < -0.4 is 0 Å². The van der Waals surface area contributed by atoms with Crippen molar-refractivity contribution in [3.05, 3.63) is 46.5 Å². The number of non-ortho nitro benzene ring substituents is 1. The van der Waals surface area contributed by atoms with Crippen LogP contribution in [0.5, 0.6) is 0 Å². The number of nitro groups is 1. The van der Waals surface area contributed by atoms with E-state index >= 15 is 0 Å². The van der Waals surface area contributed by atoms with Crippen LogP contribution in [-0.4, -0.2) is 24.0 Å². The summed E-state index contributed by atoms with van der Waals surface area (Å²) in [6, 6.07) is 4.77. The summed E-state index contributed by atoms with van der Waals surface area (Å²) in [5, 5.41) is 11.7. The second-order valence-corrected chi connectivity index (χ2v) is 6.19. The fourth-order valence-electron chi connectivity index (χ4n) is 2.46. The van der Waals surface area contributed by atoms with Gasteiger partial charge in [0.1, 0.15) is 0 Å². The standard InChI is InChI=1S/C15H17N5O2S/c1-3-6-19-10-16-8-12(19)9-23-15-17-13-7-11(20(21)22)4-5-14(13)18(15)2/h4-5,7-8,10H,3,6,9H2,1-2H3. The maximum Gasteiger partial charge on any atom is 0.271 e. The predicted molar refractivity (Wildman–Crippen MR) is 89.4 cm³/mol. The molecule has 0 aliphatic heterocycles. The van der Waals surface area contributed by atoms with Crippen LogP contribution in [0.1, 0.15) is 19.0 Å². The molecule has 0 bridgehead atoms. The molecule has 2 heterocycles. The van der Waals surface area contributed by atoms with Crippen LogP contribution >= 0.6 is 11.8 Å². The zero-order chi connectivity index (χ0) is 16.4. The Morgan fingerprint density at radius 1 is 1.39 bits per heavy atom. The molecule has 23 heavy (non-hydrogen) atoms. The number of thioether (sulfide) groups is 1. The van der Waals surface area contributed by atoms with Gasteiger partial charge in [-0.05, 0) is 12.5 Å². The van der Waals surface area contributed by atoms with E-state index in [4.69, 9.17) is 0 Å². The minimum atomic E-state index is -0.399. The number of nitro benzene ring substituents is 1. The molecule has 2 aromatic heterocycles. The number of hydrogen-bond acceptors (Lipinski definition) is 5. The molecule has 0 unspecified atom stereocenters. The largest absolute Gasteiger partial charge is 0.334 e. The lowest BCUT2D eigenvalue weighted by molar-refractivity contribution is -0.384. The Bertz CT molecular complexity index is 855. The van der Waals surface area contributed by atoms with Gasteiger partial charge in [0.25, 0.3) is 5.69 Å². The molecule has 0 fully saturated rings. The third-order valence-corrected chi connectivity index (χ3v) is 4.71. The highest BCUT2D eigenvalue weighted by Crippen LogP contribution is 2.27. The van der Waals surface area contributed by atoms with E-state index in [0.717, 1.165) is 35.1 Å². The first-order valence-electron chi connectivity index (χ1n) is 7.32. The Hall–Kier alpha value is -2.35. The minimum Gasteiger partial charge on any atom is -0.334 e. The molecular weight excluding hydrogens is 314 g/mol. The van der Waals surface area contributed by atoms with Crippen molar-refractivity contribution in [1.82, 2.24) is 19.1 Å². The lowest BCUT2D eigenvalue weighted by atomic mass is 10.3. The molecule has 3 rings (SSSR count). The van der Waals surface area contributed by atoms with Gasteiger partial charge in [-0.1, -0.05) is 18.7 Å². The Labute approximate surface area is 137 Å². The Balaban J connectivity index is 1.84. The van der Waals surface area contributed by atoms with Gasteiger partial charge in [0.05, 0.1) is 22.3 Å². The lowest BCUT2D eigenvalue weighted by Crippen LogP contribution is -2.00. The number of benzene rings is 1. The molecule has 0 atom stereocenters. The summed E-state index contributed by atoms with van der Waals surface area (Å²) >= 11 is 1.61. The van der Waals surface area contributed by atoms with Gasteiger partial charge in [0, 0.05) is 43.4 Å². The number of fused-ring (bicyclic) bond motifs is 1. The van der Waals surface area contributed by atoms with Crippen LogP contribution in [0, 0.1) is 10.1 Å². The number of hydrogen-bond donors (Lipinski definition) is 0. The quantitative estimate of drug-likeness (QED) is 0.393. The number of imidazole rings is 2. The van der Waals surface area contributed by atoms with E-state index in [0.29, 0.717) is 5.52 Å². The van der Waals surface area contributed by atoms with E-state index in [1.807, 2.05) is 24.1 Å². The van der Waals surface area contributed by atoms with Gasteiger partial charge in [-0.15, -0.1) is 0 Å². The van der Waals surface area contributed by atoms with Crippen LogP contribution in [0.4, 0.5) is 5.69 Å². The predicted octanol–water partition coefficient (Wildman–Crippen LogP) is 3.38. The van der Waals surface area contributed by atoms with Crippen molar-refractivity contribution in [2.24, 2.45) is 7.05 Å². The van der Waals surface area contributed by atoms with Gasteiger partial charge >= 0.3 is 0 Å². The Morgan fingerprint density at radius 2 is 2.22 bits per heavy atom. The van der Waals surface area contributed by atoms with Crippen LogP contribution in [0.2, 0.25) is 0 Å². The van der Waals surface area contributed by atoms with Gasteiger partial charge in [-0.25, -0.2) is 9.97 Å². The number of rotatable bonds is 6. The van der Waals surface area contributed by atoms with E-state index < -0.39 is 4.92 Å². The van der Waals surface area contributed by atoms with Crippen LogP contribution in [0.15, 0.2) is 35.9 Å². The first-order chi connectivity index (χ1) is 11.1. The SMILES string of the molecule is CCCn1cncc1CSc1nc2cc([N+](=O)[O-])ccc2n1C. The van der Waals surface area contributed by atoms with Gasteiger partial charge in [-0.3, -0.25) is 10.1 Å². The van der Waals surface area contributed by atoms with Crippen molar-refractivity contribution >= 4 is 28.5 Å². The molecule has 120 valence electrons. The van der Waals surface area contributed by atoms with E-state index in [-0.39, 0.29) is 5.69 Å². The Kier molecular flexibility index (Phi) is 4.33. The average Bonchev–Trinajstić information content (AvgIpc) is 3.10. The minimum absolute atomic E-state index is 0.0631. The molecule has 8 heteroatoms. The van der Waals surface area contributed by atoms with Crippen LogP contribution in [0.3, 0.4) is 0 Å². The summed E-state index contributed by atoms with van der Waals surface area (Å²) < 4.78 is 4.10. The van der Waals surface area contributed by atoms with Gasteiger partial charge < -0.3 is 9.13 Å². The molecule has 0 radical (unpaired) electrons. The van der Waals surface area contributed by atoms with Crippen molar-refractivity contribution in [3.63, 3.8) is 0 Å². The summed E-state index contributed by atoms with van der Waals surface area (Å²) in [6.45, 7) is 3.08. The van der Waals surface area contributed by atoms with E-state index in [1.165, 1.54) is 12.1 Å².